The fourth-order valence-electron chi connectivity index (χ4n) is 2.07. The van der Waals surface area contributed by atoms with Gasteiger partial charge in [-0.25, -0.2) is 0 Å². The first-order valence-electron chi connectivity index (χ1n) is 6.75. The number of nitrogens with two attached hydrogens (primary N) is 1. The Kier molecular flexibility index (Phi) is 5.22. The second-order valence-corrected chi connectivity index (χ2v) is 5.46. The van der Waals surface area contributed by atoms with Crippen molar-refractivity contribution in [2.24, 2.45) is 0 Å². The number of carbonyl (C=O) groups is 1. The van der Waals surface area contributed by atoms with Crippen LogP contribution in [0.5, 0.6) is 0 Å². The van der Waals surface area contributed by atoms with Crippen LogP contribution >= 0.6 is 15.9 Å². The first-order chi connectivity index (χ1) is 10.1. The first-order valence-corrected chi connectivity index (χ1v) is 7.55. The molecule has 4 nitrogen and oxygen atoms in total. The zero-order valence-corrected chi connectivity index (χ0v) is 13.4. The number of benzene rings is 2. The van der Waals surface area contributed by atoms with E-state index in [1.165, 1.54) is 0 Å². The molecule has 0 heterocycles. The molecule has 0 atom stereocenters. The average Bonchev–Trinajstić information content (AvgIpc) is 2.48. The van der Waals surface area contributed by atoms with Gasteiger partial charge < -0.3 is 16.0 Å². The topological polar surface area (TPSA) is 58.4 Å². The minimum atomic E-state index is -0.0768. The molecule has 2 aromatic rings. The van der Waals surface area contributed by atoms with E-state index in [9.17, 15) is 4.79 Å². The molecule has 5 heteroatoms. The summed E-state index contributed by atoms with van der Waals surface area (Å²) in [7, 11) is 0. The van der Waals surface area contributed by atoms with Crippen molar-refractivity contribution in [1.82, 2.24) is 0 Å². The standard InChI is InChI=1S/C16H18BrN3O/c1-2-20(15-10-6-4-8-13(15)18)11-16(21)19-14-9-5-3-7-12(14)17/h3-10H,2,11,18H2,1H3,(H,19,21). The summed E-state index contributed by atoms with van der Waals surface area (Å²) in [4.78, 5) is 14.2. The summed E-state index contributed by atoms with van der Waals surface area (Å²) in [6.07, 6.45) is 0. The molecule has 3 N–H and O–H groups in total. The van der Waals surface area contributed by atoms with E-state index >= 15 is 0 Å². The van der Waals surface area contributed by atoms with Crippen molar-refractivity contribution in [2.45, 2.75) is 6.92 Å². The monoisotopic (exact) mass is 347 g/mol. The number of nitrogens with zero attached hydrogens (tertiary/aromatic N) is 1. The summed E-state index contributed by atoms with van der Waals surface area (Å²) in [5.74, 6) is -0.0768. The van der Waals surface area contributed by atoms with Crippen molar-refractivity contribution in [3.8, 4) is 0 Å². The van der Waals surface area contributed by atoms with Crippen molar-refractivity contribution in [1.29, 1.82) is 0 Å². The van der Waals surface area contributed by atoms with Gasteiger partial charge in [0.05, 0.1) is 23.6 Å². The second kappa shape index (κ2) is 7.13. The number of anilines is 3. The van der Waals surface area contributed by atoms with Gasteiger partial charge in [0, 0.05) is 11.0 Å². The minimum absolute atomic E-state index is 0.0768. The number of halogens is 1. The number of nitrogen functional groups attached to an aromatic ring is 1. The molecular weight excluding hydrogens is 330 g/mol. The van der Waals surface area contributed by atoms with Gasteiger partial charge in [0.15, 0.2) is 0 Å². The SMILES string of the molecule is CCN(CC(=O)Nc1ccccc1Br)c1ccccc1N. The second-order valence-electron chi connectivity index (χ2n) is 4.60. The highest BCUT2D eigenvalue weighted by molar-refractivity contribution is 9.10. The molecule has 110 valence electrons. The number of para-hydroxylation sites is 3. The number of hydrogen-bond acceptors (Lipinski definition) is 3. The largest absolute Gasteiger partial charge is 0.397 e. The number of amides is 1. The molecule has 0 aromatic heterocycles. The molecule has 0 aliphatic carbocycles. The van der Waals surface area contributed by atoms with E-state index in [4.69, 9.17) is 5.73 Å². The molecule has 0 saturated carbocycles. The Morgan fingerprint density at radius 2 is 1.86 bits per heavy atom. The van der Waals surface area contributed by atoms with Gasteiger partial charge in [-0.3, -0.25) is 4.79 Å². The highest BCUT2D eigenvalue weighted by atomic mass is 79.9. The van der Waals surface area contributed by atoms with E-state index in [1.54, 1.807) is 0 Å². The lowest BCUT2D eigenvalue weighted by Crippen LogP contribution is -2.33. The van der Waals surface area contributed by atoms with Crippen LogP contribution in [0.4, 0.5) is 17.1 Å². The Labute approximate surface area is 133 Å². The molecule has 1 amide bonds. The van der Waals surface area contributed by atoms with Crippen LogP contribution in [0.25, 0.3) is 0 Å². The minimum Gasteiger partial charge on any atom is -0.397 e. The quantitative estimate of drug-likeness (QED) is 0.813. The number of hydrogen-bond donors (Lipinski definition) is 2. The third-order valence-electron chi connectivity index (χ3n) is 3.14. The van der Waals surface area contributed by atoms with E-state index < -0.39 is 0 Å². The van der Waals surface area contributed by atoms with Crippen molar-refractivity contribution in [2.75, 3.05) is 29.0 Å². The van der Waals surface area contributed by atoms with E-state index in [0.29, 0.717) is 12.2 Å². The smallest absolute Gasteiger partial charge is 0.243 e. The first kappa shape index (κ1) is 15.4. The molecule has 0 saturated heterocycles. The highest BCUT2D eigenvalue weighted by Gasteiger charge is 2.13. The van der Waals surface area contributed by atoms with Crippen LogP contribution in [-0.2, 0) is 4.79 Å². The summed E-state index contributed by atoms with van der Waals surface area (Å²) in [5.41, 5.74) is 8.28. The molecule has 0 fully saturated rings. The Morgan fingerprint density at radius 1 is 1.19 bits per heavy atom. The molecule has 0 aliphatic heterocycles. The van der Waals surface area contributed by atoms with Gasteiger partial charge in [0.25, 0.3) is 0 Å². The van der Waals surface area contributed by atoms with Crippen molar-refractivity contribution in [3.63, 3.8) is 0 Å². The van der Waals surface area contributed by atoms with Crippen LogP contribution < -0.4 is 16.0 Å². The Balaban J connectivity index is 2.07. The van der Waals surface area contributed by atoms with Gasteiger partial charge in [0.1, 0.15) is 0 Å². The van der Waals surface area contributed by atoms with Crippen LogP contribution in [-0.4, -0.2) is 19.0 Å². The summed E-state index contributed by atoms with van der Waals surface area (Å²) in [6, 6.07) is 15.1. The van der Waals surface area contributed by atoms with Gasteiger partial charge >= 0.3 is 0 Å². The number of rotatable bonds is 5. The lowest BCUT2D eigenvalue weighted by atomic mass is 10.2. The lowest BCUT2D eigenvalue weighted by molar-refractivity contribution is -0.115. The molecule has 0 spiro atoms. The Bertz CT molecular complexity index is 630. The van der Waals surface area contributed by atoms with Crippen LogP contribution in [0.1, 0.15) is 6.92 Å². The molecule has 0 bridgehead atoms. The van der Waals surface area contributed by atoms with E-state index in [1.807, 2.05) is 60.4 Å². The molecule has 2 rings (SSSR count). The molecule has 0 aliphatic rings. The van der Waals surface area contributed by atoms with E-state index in [2.05, 4.69) is 21.2 Å². The number of carbonyl (C=O) groups excluding carboxylic acids is 1. The molecule has 0 unspecified atom stereocenters. The fraction of sp³-hybridized carbons (Fsp3) is 0.188. The average molecular weight is 348 g/mol. The summed E-state index contributed by atoms with van der Waals surface area (Å²) >= 11 is 3.42. The normalized spacial score (nSPS) is 10.2. The van der Waals surface area contributed by atoms with E-state index in [-0.39, 0.29) is 12.5 Å². The Morgan fingerprint density at radius 3 is 2.52 bits per heavy atom. The third-order valence-corrected chi connectivity index (χ3v) is 3.83. The predicted molar refractivity (Wildman–Crippen MR) is 91.5 cm³/mol. The van der Waals surface area contributed by atoms with Crippen LogP contribution in [0, 0.1) is 0 Å². The van der Waals surface area contributed by atoms with Gasteiger partial charge in [-0.15, -0.1) is 0 Å². The molecule has 0 radical (unpaired) electrons. The van der Waals surface area contributed by atoms with Gasteiger partial charge in [0.2, 0.25) is 5.91 Å². The summed E-state index contributed by atoms with van der Waals surface area (Å²) < 4.78 is 0.862. The number of likely N-dealkylation sites (N-methyl/N-ethyl adjacent to an activating group) is 1. The maximum atomic E-state index is 12.2. The van der Waals surface area contributed by atoms with E-state index in [0.717, 1.165) is 15.8 Å². The maximum Gasteiger partial charge on any atom is 0.243 e. The maximum absolute atomic E-state index is 12.2. The van der Waals surface area contributed by atoms with Crippen LogP contribution in [0.3, 0.4) is 0 Å². The zero-order chi connectivity index (χ0) is 15.2. The van der Waals surface area contributed by atoms with Crippen molar-refractivity contribution < 1.29 is 4.79 Å². The Hall–Kier alpha value is -2.01. The van der Waals surface area contributed by atoms with Gasteiger partial charge in [-0.1, -0.05) is 24.3 Å². The molecule has 21 heavy (non-hydrogen) atoms. The van der Waals surface area contributed by atoms with Crippen molar-refractivity contribution in [3.05, 3.63) is 53.0 Å². The van der Waals surface area contributed by atoms with Crippen LogP contribution in [0.2, 0.25) is 0 Å². The van der Waals surface area contributed by atoms with Crippen LogP contribution in [0.15, 0.2) is 53.0 Å². The summed E-state index contributed by atoms with van der Waals surface area (Å²) in [6.45, 7) is 2.96. The molecular formula is C16H18BrN3O. The van der Waals surface area contributed by atoms with Crippen molar-refractivity contribution >= 4 is 38.9 Å². The van der Waals surface area contributed by atoms with Gasteiger partial charge in [-0.05, 0) is 47.1 Å². The lowest BCUT2D eigenvalue weighted by Gasteiger charge is -2.24. The molecule has 2 aromatic carbocycles. The highest BCUT2D eigenvalue weighted by Crippen LogP contribution is 2.23. The third kappa shape index (κ3) is 3.98. The predicted octanol–water partition coefficient (Wildman–Crippen LogP) is 3.50. The fourth-order valence-corrected chi connectivity index (χ4v) is 2.45. The zero-order valence-electron chi connectivity index (χ0n) is 11.8. The number of nitrogens with one attached hydrogen (secondary N) is 1. The summed E-state index contributed by atoms with van der Waals surface area (Å²) in [5, 5.41) is 2.90. The van der Waals surface area contributed by atoms with Gasteiger partial charge in [-0.2, -0.15) is 0 Å².